The second-order valence-corrected chi connectivity index (χ2v) is 12.5. The lowest BCUT2D eigenvalue weighted by Crippen LogP contribution is -2.25. The molecule has 228 valence electrons. The Kier molecular flexibility index (Phi) is 8.63. The number of nitrogens with zero attached hydrogens (tertiary/aromatic N) is 4. The quantitative estimate of drug-likeness (QED) is 0.125. The van der Waals surface area contributed by atoms with Gasteiger partial charge in [-0.2, -0.15) is 0 Å². The molecule has 47 heavy (non-hydrogen) atoms. The molecule has 2 heterocycles. The normalized spacial score (nSPS) is 14.6. The standard InChI is InChI=1S/C42H34N4S/c1-4-13-35(43-26-5-2)30-22-20-29(21-23-30)33-24-25-36-34(27-33)39-37(47-36)19-12-14-28(3)38(39)42-45-40(31-15-8-6-9-16-31)44-41(46-42)32-17-10-7-11-18-32/h4,6-28H,1,5H2,2-3H3/b35-13-,43-26?. The molecule has 1 aliphatic rings. The minimum absolute atomic E-state index is 0.0848. The van der Waals surface area contributed by atoms with Crippen molar-refractivity contribution in [2.45, 2.75) is 20.3 Å². The van der Waals surface area contributed by atoms with E-state index < -0.39 is 0 Å². The molecule has 0 saturated carbocycles. The summed E-state index contributed by atoms with van der Waals surface area (Å²) < 4.78 is 2.44. The van der Waals surface area contributed by atoms with E-state index in [9.17, 15) is 0 Å². The van der Waals surface area contributed by atoms with Gasteiger partial charge in [-0.05, 0) is 41.8 Å². The van der Waals surface area contributed by atoms with Gasteiger partial charge in [0.1, 0.15) is 0 Å². The molecule has 1 unspecified atom stereocenters. The summed E-state index contributed by atoms with van der Waals surface area (Å²) in [6.45, 7) is 8.18. The zero-order valence-corrected chi connectivity index (χ0v) is 27.3. The van der Waals surface area contributed by atoms with Crippen molar-refractivity contribution in [2.75, 3.05) is 0 Å². The van der Waals surface area contributed by atoms with Crippen LogP contribution in [0, 0.1) is 5.92 Å². The van der Waals surface area contributed by atoms with Crippen molar-refractivity contribution >= 4 is 45.0 Å². The summed E-state index contributed by atoms with van der Waals surface area (Å²) in [5, 5.41) is 2.39. The highest BCUT2D eigenvalue weighted by molar-refractivity contribution is 7.17. The molecule has 0 amide bonds. The van der Waals surface area contributed by atoms with E-state index in [1.54, 1.807) is 17.4 Å². The second kappa shape index (κ2) is 13.5. The van der Waals surface area contributed by atoms with E-state index in [1.807, 2.05) is 48.7 Å². The minimum Gasteiger partial charge on any atom is -0.261 e. The van der Waals surface area contributed by atoms with E-state index in [0.29, 0.717) is 17.5 Å². The van der Waals surface area contributed by atoms with Crippen molar-refractivity contribution in [2.24, 2.45) is 10.9 Å². The van der Waals surface area contributed by atoms with Gasteiger partial charge < -0.3 is 0 Å². The van der Waals surface area contributed by atoms with Crippen molar-refractivity contribution < 1.29 is 0 Å². The number of hydrogen-bond acceptors (Lipinski definition) is 5. The maximum absolute atomic E-state index is 5.15. The highest BCUT2D eigenvalue weighted by Gasteiger charge is 2.21. The molecule has 5 heteroatoms. The Labute approximate surface area is 279 Å². The molecule has 0 N–H and O–H groups in total. The van der Waals surface area contributed by atoms with E-state index in [1.165, 1.54) is 19.8 Å². The molecular formula is C42H34N4S. The average Bonchev–Trinajstić information content (AvgIpc) is 3.38. The summed E-state index contributed by atoms with van der Waals surface area (Å²) in [5.74, 6) is 2.12. The van der Waals surface area contributed by atoms with Crippen LogP contribution >= 0.6 is 11.3 Å². The molecule has 0 aliphatic heterocycles. The van der Waals surface area contributed by atoms with Gasteiger partial charge in [0, 0.05) is 54.2 Å². The molecule has 0 fully saturated rings. The lowest BCUT2D eigenvalue weighted by Gasteiger charge is -2.14. The van der Waals surface area contributed by atoms with Crippen molar-refractivity contribution in [3.05, 3.63) is 155 Å². The summed E-state index contributed by atoms with van der Waals surface area (Å²) in [7, 11) is 0. The lowest BCUT2D eigenvalue weighted by molar-refractivity contribution is 0.916. The predicted octanol–water partition coefficient (Wildman–Crippen LogP) is 9.28. The zero-order valence-electron chi connectivity index (χ0n) is 26.5. The monoisotopic (exact) mass is 626 g/mol. The molecule has 0 bridgehead atoms. The average molecular weight is 627 g/mol. The van der Waals surface area contributed by atoms with Gasteiger partial charge in [0.05, 0.1) is 5.70 Å². The van der Waals surface area contributed by atoms with Crippen LogP contribution in [-0.2, 0) is 0 Å². The van der Waals surface area contributed by atoms with Gasteiger partial charge in [-0.3, -0.25) is 4.99 Å². The summed E-state index contributed by atoms with van der Waals surface area (Å²) in [5.41, 5.74) is 7.31. The third-order valence-electron chi connectivity index (χ3n) is 8.23. The van der Waals surface area contributed by atoms with E-state index in [0.717, 1.165) is 45.5 Å². The first kappa shape index (κ1) is 30.2. The molecule has 2 aromatic heterocycles. The Morgan fingerprint density at radius 2 is 1.43 bits per heavy atom. The Morgan fingerprint density at radius 3 is 2.06 bits per heavy atom. The van der Waals surface area contributed by atoms with E-state index in [-0.39, 0.29) is 5.92 Å². The van der Waals surface area contributed by atoms with Crippen molar-refractivity contribution in [1.82, 2.24) is 15.0 Å². The molecule has 4 nitrogen and oxygen atoms in total. The summed E-state index contributed by atoms with van der Waals surface area (Å²) in [4.78, 5) is 19.9. The van der Waals surface area contributed by atoms with Crippen LogP contribution in [0.1, 0.15) is 31.7 Å². The van der Waals surface area contributed by atoms with Gasteiger partial charge in [-0.1, -0.05) is 130 Å². The smallest absolute Gasteiger partial charge is 0.164 e. The van der Waals surface area contributed by atoms with Gasteiger partial charge in [-0.15, -0.1) is 11.3 Å². The van der Waals surface area contributed by atoms with Gasteiger partial charge >= 0.3 is 0 Å². The number of fused-ring (bicyclic) bond motifs is 3. The lowest BCUT2D eigenvalue weighted by atomic mass is 9.95. The van der Waals surface area contributed by atoms with Crippen LogP contribution in [0.4, 0.5) is 0 Å². The van der Waals surface area contributed by atoms with Crippen molar-refractivity contribution in [3.8, 4) is 33.9 Å². The second-order valence-electron chi connectivity index (χ2n) is 11.4. The van der Waals surface area contributed by atoms with Crippen LogP contribution in [0.5, 0.6) is 0 Å². The fourth-order valence-electron chi connectivity index (χ4n) is 5.92. The first-order valence-electron chi connectivity index (χ1n) is 15.9. The highest BCUT2D eigenvalue weighted by Crippen LogP contribution is 2.30. The maximum atomic E-state index is 5.15. The number of allylic oxidation sites excluding steroid dienone is 4. The topological polar surface area (TPSA) is 51.0 Å². The Morgan fingerprint density at radius 1 is 0.787 bits per heavy atom. The summed E-state index contributed by atoms with van der Waals surface area (Å²) in [6.07, 6.45) is 13.2. The third-order valence-corrected chi connectivity index (χ3v) is 9.37. The Bertz CT molecular complexity index is 2240. The van der Waals surface area contributed by atoms with Crippen molar-refractivity contribution in [3.63, 3.8) is 0 Å². The Hall–Kier alpha value is -5.52. The molecule has 0 saturated heterocycles. The molecule has 1 atom stereocenters. The maximum Gasteiger partial charge on any atom is 0.164 e. The number of hydrogen-bond donors (Lipinski definition) is 0. The zero-order chi connectivity index (χ0) is 32.2. The van der Waals surface area contributed by atoms with Gasteiger partial charge in [0.2, 0.25) is 0 Å². The van der Waals surface area contributed by atoms with E-state index >= 15 is 0 Å². The number of benzene rings is 4. The van der Waals surface area contributed by atoms with E-state index in [2.05, 4.69) is 110 Å². The fraction of sp³-hybridized carbons (Fsp3) is 0.0952. The Balaban J connectivity index is 1.43. The van der Waals surface area contributed by atoms with Crippen LogP contribution in [0.15, 0.2) is 139 Å². The predicted molar refractivity (Wildman–Crippen MR) is 199 cm³/mol. The SMILES string of the molecule is C=C/C=C(\N=CCC)c1ccc(-c2ccc3sc4c(c3c2)=C(c2nc(-c3ccccc3)nc(-c3ccccc3)n2)C(C)C=CC=4)cc1. The molecule has 0 radical (unpaired) electrons. The highest BCUT2D eigenvalue weighted by atomic mass is 32.1. The van der Waals surface area contributed by atoms with Crippen LogP contribution in [-0.4, -0.2) is 21.2 Å². The third kappa shape index (κ3) is 6.18. The first-order valence-corrected chi connectivity index (χ1v) is 16.7. The van der Waals surface area contributed by atoms with Crippen molar-refractivity contribution in [1.29, 1.82) is 0 Å². The molecule has 4 aromatic carbocycles. The number of aromatic nitrogens is 3. The molecule has 1 aliphatic carbocycles. The molecule has 7 rings (SSSR count). The van der Waals surface area contributed by atoms with Gasteiger partial charge in [0.15, 0.2) is 17.5 Å². The van der Waals surface area contributed by atoms with Crippen LogP contribution in [0.2, 0.25) is 0 Å². The largest absolute Gasteiger partial charge is 0.261 e. The fourth-order valence-corrected chi connectivity index (χ4v) is 7.03. The minimum atomic E-state index is 0.0848. The number of aliphatic imine (C=N–C) groups is 1. The molecule has 6 aromatic rings. The first-order chi connectivity index (χ1) is 23.1. The molecule has 0 spiro atoms. The van der Waals surface area contributed by atoms with Crippen LogP contribution < -0.4 is 9.75 Å². The van der Waals surface area contributed by atoms with E-state index in [4.69, 9.17) is 15.0 Å². The van der Waals surface area contributed by atoms with Gasteiger partial charge in [-0.25, -0.2) is 15.0 Å². The number of rotatable bonds is 8. The van der Waals surface area contributed by atoms with Crippen LogP contribution in [0.25, 0.3) is 61.3 Å². The van der Waals surface area contributed by atoms with Gasteiger partial charge in [0.25, 0.3) is 0 Å². The summed E-state index contributed by atoms with van der Waals surface area (Å²) in [6, 6.07) is 35.7. The number of thiophene rings is 1. The molecular weight excluding hydrogens is 593 g/mol. The van der Waals surface area contributed by atoms with Crippen LogP contribution in [0.3, 0.4) is 0 Å². The summed E-state index contributed by atoms with van der Waals surface area (Å²) >= 11 is 1.81.